The van der Waals surface area contributed by atoms with Crippen LogP contribution in [0.2, 0.25) is 0 Å². The predicted octanol–water partition coefficient (Wildman–Crippen LogP) is 0.250. The largest absolute Gasteiger partial charge is 0.481 e. The molecule has 0 spiro atoms. The SMILES string of the molecule is CCN(CC)S(=O)(=O)c1c[nH]c(C(=O)NCCC(=O)O)c1. The van der Waals surface area contributed by atoms with Crippen LogP contribution >= 0.6 is 0 Å². The third kappa shape index (κ3) is 4.30. The Hall–Kier alpha value is -1.87. The Morgan fingerprint density at radius 2 is 1.95 bits per heavy atom. The molecule has 0 aliphatic rings. The van der Waals surface area contributed by atoms with Gasteiger partial charge < -0.3 is 15.4 Å². The summed E-state index contributed by atoms with van der Waals surface area (Å²) in [6.45, 7) is 4.11. The molecule has 3 N–H and O–H groups in total. The molecule has 0 aliphatic carbocycles. The number of hydrogen-bond donors (Lipinski definition) is 3. The van der Waals surface area contributed by atoms with Crippen LogP contribution in [0.15, 0.2) is 17.2 Å². The molecule has 8 nitrogen and oxygen atoms in total. The number of nitrogens with one attached hydrogen (secondary N) is 2. The van der Waals surface area contributed by atoms with Gasteiger partial charge >= 0.3 is 5.97 Å². The molecular weight excluding hydrogens is 298 g/mol. The third-order valence-electron chi connectivity index (χ3n) is 2.87. The summed E-state index contributed by atoms with van der Waals surface area (Å²) < 4.78 is 25.7. The zero-order chi connectivity index (χ0) is 16.0. The number of H-pyrrole nitrogens is 1. The molecular formula is C12H19N3O5S. The van der Waals surface area contributed by atoms with E-state index in [0.29, 0.717) is 13.1 Å². The molecule has 1 amide bonds. The highest BCUT2D eigenvalue weighted by Crippen LogP contribution is 2.16. The Bertz CT molecular complexity index is 604. The van der Waals surface area contributed by atoms with E-state index in [1.54, 1.807) is 13.8 Å². The zero-order valence-corrected chi connectivity index (χ0v) is 12.7. The van der Waals surface area contributed by atoms with Gasteiger partial charge in [0.25, 0.3) is 5.91 Å². The molecule has 1 aromatic rings. The van der Waals surface area contributed by atoms with Crippen molar-refractivity contribution in [2.24, 2.45) is 0 Å². The topological polar surface area (TPSA) is 120 Å². The number of carbonyl (C=O) groups excluding carboxylic acids is 1. The lowest BCUT2D eigenvalue weighted by molar-refractivity contribution is -0.136. The summed E-state index contributed by atoms with van der Waals surface area (Å²) in [6.07, 6.45) is 1.05. The summed E-state index contributed by atoms with van der Waals surface area (Å²) >= 11 is 0. The predicted molar refractivity (Wildman–Crippen MR) is 75.5 cm³/mol. The van der Waals surface area contributed by atoms with Crippen LogP contribution in [0, 0.1) is 0 Å². The van der Waals surface area contributed by atoms with E-state index in [-0.39, 0.29) is 23.6 Å². The smallest absolute Gasteiger partial charge is 0.305 e. The maximum atomic E-state index is 12.2. The van der Waals surface area contributed by atoms with E-state index in [1.807, 2.05) is 0 Å². The number of carboxylic acid groups (broad SMARTS) is 1. The van der Waals surface area contributed by atoms with Crippen LogP contribution in [0.3, 0.4) is 0 Å². The summed E-state index contributed by atoms with van der Waals surface area (Å²) in [6, 6.07) is 1.24. The fourth-order valence-electron chi connectivity index (χ4n) is 1.75. The van der Waals surface area contributed by atoms with Crippen LogP contribution in [0.4, 0.5) is 0 Å². The Morgan fingerprint density at radius 3 is 2.48 bits per heavy atom. The molecule has 0 unspecified atom stereocenters. The molecule has 0 fully saturated rings. The van der Waals surface area contributed by atoms with Crippen LogP contribution in [0.25, 0.3) is 0 Å². The number of rotatable bonds is 8. The molecule has 1 heterocycles. The minimum Gasteiger partial charge on any atom is -0.481 e. The van der Waals surface area contributed by atoms with Crippen molar-refractivity contribution in [1.82, 2.24) is 14.6 Å². The first-order valence-electron chi connectivity index (χ1n) is 6.51. The highest BCUT2D eigenvalue weighted by Gasteiger charge is 2.23. The van der Waals surface area contributed by atoms with Gasteiger partial charge in [0.2, 0.25) is 10.0 Å². The lowest BCUT2D eigenvalue weighted by Crippen LogP contribution is -2.30. The van der Waals surface area contributed by atoms with Crippen molar-refractivity contribution in [2.45, 2.75) is 25.2 Å². The van der Waals surface area contributed by atoms with Crippen molar-refractivity contribution in [3.63, 3.8) is 0 Å². The molecule has 0 atom stereocenters. The summed E-state index contributed by atoms with van der Waals surface area (Å²) in [7, 11) is -3.62. The highest BCUT2D eigenvalue weighted by molar-refractivity contribution is 7.89. The van der Waals surface area contributed by atoms with E-state index >= 15 is 0 Å². The number of carbonyl (C=O) groups is 2. The molecule has 0 radical (unpaired) electrons. The van der Waals surface area contributed by atoms with E-state index in [9.17, 15) is 18.0 Å². The molecule has 0 aromatic carbocycles. The van der Waals surface area contributed by atoms with Gasteiger partial charge in [0, 0.05) is 25.8 Å². The molecule has 118 valence electrons. The second kappa shape index (κ2) is 7.23. The van der Waals surface area contributed by atoms with Gasteiger partial charge in [-0.25, -0.2) is 8.42 Å². The number of aromatic amines is 1. The first-order chi connectivity index (χ1) is 9.82. The van der Waals surface area contributed by atoms with E-state index in [2.05, 4.69) is 10.3 Å². The van der Waals surface area contributed by atoms with Crippen molar-refractivity contribution in [3.8, 4) is 0 Å². The molecule has 9 heteroatoms. The Kier molecular flexibility index (Phi) is 5.91. The van der Waals surface area contributed by atoms with Gasteiger partial charge in [-0.05, 0) is 6.07 Å². The summed E-state index contributed by atoms with van der Waals surface area (Å²) in [4.78, 5) is 24.7. The van der Waals surface area contributed by atoms with Gasteiger partial charge in [-0.1, -0.05) is 13.8 Å². The Balaban J connectivity index is 2.81. The molecule has 1 aromatic heterocycles. The summed E-state index contributed by atoms with van der Waals surface area (Å²) in [5.74, 6) is -1.57. The maximum Gasteiger partial charge on any atom is 0.305 e. The van der Waals surface area contributed by atoms with Crippen molar-refractivity contribution in [2.75, 3.05) is 19.6 Å². The van der Waals surface area contributed by atoms with E-state index in [4.69, 9.17) is 5.11 Å². The fraction of sp³-hybridized carbons (Fsp3) is 0.500. The average Bonchev–Trinajstić information content (AvgIpc) is 2.89. The lowest BCUT2D eigenvalue weighted by atomic mass is 10.4. The zero-order valence-electron chi connectivity index (χ0n) is 11.9. The van der Waals surface area contributed by atoms with E-state index in [1.165, 1.54) is 16.6 Å². The number of hydrogen-bond acceptors (Lipinski definition) is 4. The van der Waals surface area contributed by atoms with Gasteiger partial charge in [0.05, 0.1) is 6.42 Å². The van der Waals surface area contributed by atoms with Gasteiger partial charge in [0.15, 0.2) is 0 Å². The number of amides is 1. The van der Waals surface area contributed by atoms with E-state index < -0.39 is 21.9 Å². The minimum absolute atomic E-state index is 0.00887. The van der Waals surface area contributed by atoms with Gasteiger partial charge in [0.1, 0.15) is 10.6 Å². The molecule has 0 bridgehead atoms. The Labute approximate surface area is 123 Å². The number of aromatic nitrogens is 1. The number of sulfonamides is 1. The second-order valence-corrected chi connectivity index (χ2v) is 6.18. The molecule has 0 saturated heterocycles. The van der Waals surface area contributed by atoms with Crippen molar-refractivity contribution in [3.05, 3.63) is 18.0 Å². The molecule has 21 heavy (non-hydrogen) atoms. The van der Waals surface area contributed by atoms with Crippen molar-refractivity contribution >= 4 is 21.9 Å². The second-order valence-electron chi connectivity index (χ2n) is 4.24. The van der Waals surface area contributed by atoms with Crippen LogP contribution in [-0.4, -0.2) is 54.3 Å². The summed E-state index contributed by atoms with van der Waals surface area (Å²) in [5.41, 5.74) is 0.0751. The van der Waals surface area contributed by atoms with Crippen LogP contribution in [0.1, 0.15) is 30.8 Å². The number of carboxylic acids is 1. The van der Waals surface area contributed by atoms with Crippen LogP contribution in [-0.2, 0) is 14.8 Å². The van der Waals surface area contributed by atoms with Crippen molar-refractivity contribution < 1.29 is 23.1 Å². The fourth-order valence-corrected chi connectivity index (χ4v) is 3.20. The van der Waals surface area contributed by atoms with E-state index in [0.717, 1.165) is 0 Å². The van der Waals surface area contributed by atoms with Crippen LogP contribution < -0.4 is 5.32 Å². The van der Waals surface area contributed by atoms with Crippen molar-refractivity contribution in [1.29, 1.82) is 0 Å². The molecule has 1 rings (SSSR count). The monoisotopic (exact) mass is 317 g/mol. The third-order valence-corrected chi connectivity index (χ3v) is 4.90. The van der Waals surface area contributed by atoms with Crippen LogP contribution in [0.5, 0.6) is 0 Å². The molecule has 0 saturated carbocycles. The number of nitrogens with zero attached hydrogens (tertiary/aromatic N) is 1. The standard InChI is InChI=1S/C12H19N3O5S/c1-3-15(4-2)21(19,20)9-7-10(14-8-9)12(18)13-6-5-11(16)17/h7-8,14H,3-6H2,1-2H3,(H,13,18)(H,16,17). The normalized spacial score (nSPS) is 11.6. The Morgan fingerprint density at radius 1 is 1.33 bits per heavy atom. The summed E-state index contributed by atoms with van der Waals surface area (Å²) in [5, 5.41) is 10.9. The quantitative estimate of drug-likeness (QED) is 0.635. The van der Waals surface area contributed by atoms with Gasteiger partial charge in [-0.2, -0.15) is 4.31 Å². The number of aliphatic carboxylic acids is 1. The highest BCUT2D eigenvalue weighted by atomic mass is 32.2. The molecule has 0 aliphatic heterocycles. The first-order valence-corrected chi connectivity index (χ1v) is 7.95. The van der Waals surface area contributed by atoms with Gasteiger partial charge in [-0.15, -0.1) is 0 Å². The maximum absolute atomic E-state index is 12.2. The first kappa shape index (κ1) is 17.2. The average molecular weight is 317 g/mol. The lowest BCUT2D eigenvalue weighted by Gasteiger charge is -2.16. The van der Waals surface area contributed by atoms with Gasteiger partial charge in [-0.3, -0.25) is 9.59 Å². The minimum atomic E-state index is -3.62.